The number of anilines is 2. The molecular weight excluding hydrogens is 248 g/mol. The highest BCUT2D eigenvalue weighted by Gasteiger charge is 2.15. The van der Waals surface area contributed by atoms with Crippen molar-refractivity contribution < 1.29 is 0 Å². The van der Waals surface area contributed by atoms with Gasteiger partial charge in [0.2, 0.25) is 0 Å². The highest BCUT2D eigenvalue weighted by atomic mass is 15.2. The monoisotopic (exact) mass is 270 g/mol. The fraction of sp³-hybridized carbons (Fsp3) is 0.438. The minimum Gasteiger partial charge on any atom is -0.398 e. The van der Waals surface area contributed by atoms with E-state index in [2.05, 4.69) is 22.1 Å². The summed E-state index contributed by atoms with van der Waals surface area (Å²) in [4.78, 5) is 6.99. The van der Waals surface area contributed by atoms with Gasteiger partial charge in [-0.2, -0.15) is 0 Å². The lowest BCUT2D eigenvalue weighted by Gasteiger charge is -2.22. The number of nitrogens with zero attached hydrogens (tertiary/aromatic N) is 2. The molecule has 1 aliphatic heterocycles. The molecule has 1 unspecified atom stereocenters. The first kappa shape index (κ1) is 13.2. The fourth-order valence-corrected chi connectivity index (χ4v) is 2.97. The molecule has 20 heavy (non-hydrogen) atoms. The molecule has 1 aliphatic rings. The van der Waals surface area contributed by atoms with Crippen LogP contribution in [0.2, 0.25) is 0 Å². The summed E-state index contributed by atoms with van der Waals surface area (Å²) in [6.07, 6.45) is 4.48. The number of nitrogens with two attached hydrogens (primary N) is 1. The maximum Gasteiger partial charge on any atom is 0.0953 e. The summed E-state index contributed by atoms with van der Waals surface area (Å²) in [5, 5.41) is 4.60. The molecular formula is C16H22N4. The van der Waals surface area contributed by atoms with Gasteiger partial charge < -0.3 is 16.0 Å². The lowest BCUT2D eigenvalue weighted by Crippen LogP contribution is -2.33. The lowest BCUT2D eigenvalue weighted by molar-refractivity contribution is 0.328. The number of rotatable bonds is 4. The van der Waals surface area contributed by atoms with Gasteiger partial charge in [0.15, 0.2) is 0 Å². The molecule has 1 saturated heterocycles. The standard InChI is InChI=1S/C16H22N4/c1-12(11-20-9-2-3-10-20)19-15-7-6-14(17)13-5-4-8-18-16(13)15/h4-8,12,19H,2-3,9-11,17H2,1H3. The van der Waals surface area contributed by atoms with E-state index in [1.54, 1.807) is 0 Å². The Morgan fingerprint density at radius 1 is 1.30 bits per heavy atom. The maximum atomic E-state index is 6.01. The molecule has 0 saturated carbocycles. The van der Waals surface area contributed by atoms with Crippen LogP contribution in [-0.2, 0) is 0 Å². The highest BCUT2D eigenvalue weighted by molar-refractivity contribution is 5.98. The van der Waals surface area contributed by atoms with Crippen LogP contribution in [0, 0.1) is 0 Å². The van der Waals surface area contributed by atoms with Crippen LogP contribution >= 0.6 is 0 Å². The smallest absolute Gasteiger partial charge is 0.0953 e. The third-order valence-corrected chi connectivity index (χ3v) is 3.94. The van der Waals surface area contributed by atoms with Gasteiger partial charge in [0, 0.05) is 29.9 Å². The van der Waals surface area contributed by atoms with Crippen molar-refractivity contribution in [2.24, 2.45) is 0 Å². The number of nitrogen functional groups attached to an aromatic ring is 1. The molecule has 3 rings (SSSR count). The van der Waals surface area contributed by atoms with Crippen LogP contribution in [0.25, 0.3) is 10.9 Å². The van der Waals surface area contributed by atoms with Crippen molar-refractivity contribution in [3.8, 4) is 0 Å². The summed E-state index contributed by atoms with van der Waals surface area (Å²) in [6, 6.07) is 8.34. The van der Waals surface area contributed by atoms with Gasteiger partial charge in [0.1, 0.15) is 0 Å². The number of aromatic nitrogens is 1. The van der Waals surface area contributed by atoms with E-state index in [1.807, 2.05) is 30.5 Å². The topological polar surface area (TPSA) is 54.2 Å². The van der Waals surface area contributed by atoms with E-state index in [1.165, 1.54) is 25.9 Å². The van der Waals surface area contributed by atoms with Crippen molar-refractivity contribution in [3.05, 3.63) is 30.5 Å². The molecule has 0 radical (unpaired) electrons. The number of nitrogens with one attached hydrogen (secondary N) is 1. The Kier molecular flexibility index (Phi) is 3.74. The fourth-order valence-electron chi connectivity index (χ4n) is 2.97. The number of hydrogen-bond acceptors (Lipinski definition) is 4. The van der Waals surface area contributed by atoms with E-state index >= 15 is 0 Å². The van der Waals surface area contributed by atoms with E-state index in [-0.39, 0.29) is 0 Å². The molecule has 106 valence electrons. The van der Waals surface area contributed by atoms with Gasteiger partial charge in [-0.05, 0) is 57.1 Å². The van der Waals surface area contributed by atoms with E-state index in [9.17, 15) is 0 Å². The molecule has 0 bridgehead atoms. The Morgan fingerprint density at radius 2 is 2.10 bits per heavy atom. The molecule has 1 aromatic heterocycles. The van der Waals surface area contributed by atoms with Crippen LogP contribution in [0.1, 0.15) is 19.8 Å². The van der Waals surface area contributed by atoms with E-state index in [0.29, 0.717) is 6.04 Å². The normalized spacial score (nSPS) is 17.4. The van der Waals surface area contributed by atoms with Gasteiger partial charge in [0.05, 0.1) is 11.2 Å². The number of benzene rings is 1. The SMILES string of the molecule is CC(CN1CCCC1)Nc1ccc(N)c2cccnc12. The van der Waals surface area contributed by atoms with Crippen LogP contribution in [0.15, 0.2) is 30.5 Å². The highest BCUT2D eigenvalue weighted by Crippen LogP contribution is 2.26. The molecule has 3 N–H and O–H groups in total. The minimum absolute atomic E-state index is 0.405. The van der Waals surface area contributed by atoms with E-state index in [0.717, 1.165) is 28.8 Å². The molecule has 1 aromatic carbocycles. The molecule has 0 spiro atoms. The lowest BCUT2D eigenvalue weighted by atomic mass is 10.1. The first-order chi connectivity index (χ1) is 9.74. The quantitative estimate of drug-likeness (QED) is 0.839. The zero-order valence-corrected chi connectivity index (χ0v) is 12.0. The summed E-state index contributed by atoms with van der Waals surface area (Å²) >= 11 is 0. The third kappa shape index (κ3) is 2.70. The number of pyridine rings is 1. The second-order valence-electron chi connectivity index (χ2n) is 5.66. The Hall–Kier alpha value is -1.81. The third-order valence-electron chi connectivity index (χ3n) is 3.94. The summed E-state index contributed by atoms with van der Waals surface area (Å²) in [7, 11) is 0. The van der Waals surface area contributed by atoms with Gasteiger partial charge in [-0.25, -0.2) is 0 Å². The Morgan fingerprint density at radius 3 is 2.90 bits per heavy atom. The summed E-state index contributed by atoms with van der Waals surface area (Å²) in [6.45, 7) is 5.77. The predicted octanol–water partition coefficient (Wildman–Crippen LogP) is 2.71. The van der Waals surface area contributed by atoms with Crippen molar-refractivity contribution in [1.29, 1.82) is 0 Å². The molecule has 4 nitrogen and oxygen atoms in total. The second-order valence-corrected chi connectivity index (χ2v) is 5.66. The molecule has 2 aromatic rings. The number of hydrogen-bond donors (Lipinski definition) is 2. The molecule has 0 aliphatic carbocycles. The molecule has 0 amide bonds. The van der Waals surface area contributed by atoms with Crippen molar-refractivity contribution in [3.63, 3.8) is 0 Å². The first-order valence-electron chi connectivity index (χ1n) is 7.36. The Balaban J connectivity index is 1.78. The average molecular weight is 270 g/mol. The molecule has 1 atom stereocenters. The van der Waals surface area contributed by atoms with Crippen molar-refractivity contribution in [2.45, 2.75) is 25.8 Å². The van der Waals surface area contributed by atoms with Crippen LogP contribution < -0.4 is 11.1 Å². The van der Waals surface area contributed by atoms with Crippen LogP contribution in [0.3, 0.4) is 0 Å². The van der Waals surface area contributed by atoms with Crippen molar-refractivity contribution >= 4 is 22.3 Å². The first-order valence-corrected chi connectivity index (χ1v) is 7.36. The summed E-state index contributed by atoms with van der Waals surface area (Å²) < 4.78 is 0. The van der Waals surface area contributed by atoms with Gasteiger partial charge in [-0.3, -0.25) is 4.98 Å². The van der Waals surface area contributed by atoms with Crippen molar-refractivity contribution in [2.75, 3.05) is 30.7 Å². The summed E-state index contributed by atoms with van der Waals surface area (Å²) in [5.41, 5.74) is 8.83. The average Bonchev–Trinajstić information content (AvgIpc) is 2.95. The maximum absolute atomic E-state index is 6.01. The van der Waals surface area contributed by atoms with E-state index < -0.39 is 0 Å². The zero-order chi connectivity index (χ0) is 13.9. The molecule has 4 heteroatoms. The number of likely N-dealkylation sites (tertiary alicyclic amines) is 1. The van der Waals surface area contributed by atoms with Gasteiger partial charge in [0.25, 0.3) is 0 Å². The van der Waals surface area contributed by atoms with Gasteiger partial charge in [-0.15, -0.1) is 0 Å². The van der Waals surface area contributed by atoms with Crippen LogP contribution in [-0.4, -0.2) is 35.6 Å². The number of fused-ring (bicyclic) bond motifs is 1. The largest absolute Gasteiger partial charge is 0.398 e. The summed E-state index contributed by atoms with van der Waals surface area (Å²) in [5.74, 6) is 0. The van der Waals surface area contributed by atoms with Gasteiger partial charge in [-0.1, -0.05) is 0 Å². The van der Waals surface area contributed by atoms with Crippen molar-refractivity contribution in [1.82, 2.24) is 9.88 Å². The Bertz CT molecular complexity index is 590. The van der Waals surface area contributed by atoms with Gasteiger partial charge >= 0.3 is 0 Å². The predicted molar refractivity (Wildman–Crippen MR) is 84.9 cm³/mol. The van der Waals surface area contributed by atoms with Crippen LogP contribution in [0.4, 0.5) is 11.4 Å². The van der Waals surface area contributed by atoms with E-state index in [4.69, 9.17) is 5.73 Å². The second kappa shape index (κ2) is 5.67. The van der Waals surface area contributed by atoms with Crippen LogP contribution in [0.5, 0.6) is 0 Å². The zero-order valence-electron chi connectivity index (χ0n) is 12.0. The minimum atomic E-state index is 0.405. The Labute approximate surface area is 120 Å². The molecule has 2 heterocycles. The molecule has 1 fully saturated rings.